The largest absolute Gasteiger partial charge is 0.396 e. The van der Waals surface area contributed by atoms with Crippen molar-refractivity contribution in [3.8, 4) is 11.5 Å². The molecule has 0 saturated heterocycles. The molecule has 1 aromatic heterocycles. The Hall–Kier alpha value is -1.91. The highest BCUT2D eigenvalue weighted by atomic mass is 19.1. The summed E-state index contributed by atoms with van der Waals surface area (Å²) in [5.41, 5.74) is 6.13. The van der Waals surface area contributed by atoms with Crippen molar-refractivity contribution in [1.82, 2.24) is 10.1 Å². The Kier molecular flexibility index (Phi) is 2.37. The Bertz CT molecular complexity index is 481. The highest BCUT2D eigenvalue weighted by Crippen LogP contribution is 2.21. The number of nitrogens with two attached hydrogens (primary N) is 1. The van der Waals surface area contributed by atoms with Gasteiger partial charge in [-0.1, -0.05) is 12.1 Å². The van der Waals surface area contributed by atoms with Crippen molar-refractivity contribution in [2.45, 2.75) is 13.3 Å². The third-order valence-electron chi connectivity index (χ3n) is 2.03. The minimum atomic E-state index is -0.450. The molecule has 1 heterocycles. The second-order valence-electron chi connectivity index (χ2n) is 3.11. The third kappa shape index (κ3) is 1.81. The number of aryl methyl sites for hydroxylation is 1. The lowest BCUT2D eigenvalue weighted by molar-refractivity contribution is 0.423. The van der Waals surface area contributed by atoms with Crippen LogP contribution in [-0.4, -0.2) is 10.1 Å². The summed E-state index contributed by atoms with van der Waals surface area (Å²) in [6.07, 6.45) is 0.695. The number of halogens is 1. The molecule has 5 heteroatoms. The quantitative estimate of drug-likeness (QED) is 0.765. The molecule has 78 valence electrons. The van der Waals surface area contributed by atoms with Gasteiger partial charge in [0.15, 0.2) is 5.82 Å². The fourth-order valence-electron chi connectivity index (χ4n) is 1.19. The van der Waals surface area contributed by atoms with Crippen LogP contribution in [0.2, 0.25) is 0 Å². The first-order valence-corrected chi connectivity index (χ1v) is 4.58. The third-order valence-corrected chi connectivity index (χ3v) is 2.03. The molecule has 0 bridgehead atoms. The summed E-state index contributed by atoms with van der Waals surface area (Å²) in [4.78, 5) is 4.11. The zero-order valence-electron chi connectivity index (χ0n) is 8.20. The number of rotatable bonds is 2. The van der Waals surface area contributed by atoms with Crippen molar-refractivity contribution in [3.63, 3.8) is 0 Å². The van der Waals surface area contributed by atoms with Crippen LogP contribution in [0.4, 0.5) is 10.1 Å². The lowest BCUT2D eigenvalue weighted by atomic mass is 10.2. The first kappa shape index (κ1) is 9.64. The molecule has 2 N–H and O–H groups in total. The van der Waals surface area contributed by atoms with Crippen LogP contribution in [0, 0.1) is 5.82 Å². The molecule has 0 atom stereocenters. The van der Waals surface area contributed by atoms with Crippen molar-refractivity contribution in [2.75, 3.05) is 5.73 Å². The van der Waals surface area contributed by atoms with Gasteiger partial charge in [-0.3, -0.25) is 0 Å². The molecule has 0 unspecified atom stereocenters. The highest BCUT2D eigenvalue weighted by Gasteiger charge is 2.09. The van der Waals surface area contributed by atoms with Gasteiger partial charge in [-0.15, -0.1) is 0 Å². The minimum absolute atomic E-state index is 0.0729. The van der Waals surface area contributed by atoms with E-state index in [1.807, 2.05) is 6.92 Å². The fourth-order valence-corrected chi connectivity index (χ4v) is 1.19. The van der Waals surface area contributed by atoms with Crippen molar-refractivity contribution in [1.29, 1.82) is 0 Å². The van der Waals surface area contributed by atoms with E-state index in [-0.39, 0.29) is 5.69 Å². The summed E-state index contributed by atoms with van der Waals surface area (Å²) >= 11 is 0. The van der Waals surface area contributed by atoms with Gasteiger partial charge < -0.3 is 10.3 Å². The molecule has 0 spiro atoms. The van der Waals surface area contributed by atoms with E-state index in [9.17, 15) is 4.39 Å². The summed E-state index contributed by atoms with van der Waals surface area (Å²) in [5, 5.41) is 3.74. The van der Waals surface area contributed by atoms with Crippen LogP contribution >= 0.6 is 0 Å². The van der Waals surface area contributed by atoms with Crippen LogP contribution < -0.4 is 5.73 Å². The number of nitrogens with zero attached hydrogens (tertiary/aromatic N) is 2. The number of hydrogen-bond acceptors (Lipinski definition) is 4. The van der Waals surface area contributed by atoms with Crippen LogP contribution in [0.25, 0.3) is 11.5 Å². The van der Waals surface area contributed by atoms with Gasteiger partial charge in [-0.2, -0.15) is 4.98 Å². The predicted molar refractivity (Wildman–Crippen MR) is 53.5 cm³/mol. The zero-order valence-corrected chi connectivity index (χ0v) is 8.20. The number of nitrogen functional groups attached to an aromatic ring is 1. The van der Waals surface area contributed by atoms with E-state index in [1.165, 1.54) is 12.1 Å². The summed E-state index contributed by atoms with van der Waals surface area (Å²) in [6, 6.07) is 4.31. The van der Waals surface area contributed by atoms with Crippen molar-refractivity contribution < 1.29 is 8.91 Å². The average molecular weight is 207 g/mol. The van der Waals surface area contributed by atoms with Crippen molar-refractivity contribution in [2.24, 2.45) is 0 Å². The standard InChI is InChI=1S/C10H10FN3O/c1-2-9-13-10(15-14-9)6-3-4-7(11)8(12)5-6/h3-5H,2,12H2,1H3. The van der Waals surface area contributed by atoms with Gasteiger partial charge >= 0.3 is 0 Å². The SMILES string of the molecule is CCc1noc(-c2ccc(F)c(N)c2)n1. The van der Waals surface area contributed by atoms with Gasteiger partial charge in [-0.25, -0.2) is 4.39 Å². The molecule has 1 aromatic carbocycles. The van der Waals surface area contributed by atoms with Crippen molar-refractivity contribution in [3.05, 3.63) is 29.8 Å². The van der Waals surface area contributed by atoms with Crippen molar-refractivity contribution >= 4 is 5.69 Å². The predicted octanol–water partition coefficient (Wildman–Crippen LogP) is 2.02. The molecule has 0 saturated carbocycles. The number of aromatic nitrogens is 2. The Labute approximate surface area is 85.9 Å². The lowest BCUT2D eigenvalue weighted by Gasteiger charge is -1.97. The van der Waals surface area contributed by atoms with Gasteiger partial charge in [-0.05, 0) is 18.2 Å². The van der Waals surface area contributed by atoms with E-state index in [1.54, 1.807) is 6.07 Å². The molecule has 0 amide bonds. The van der Waals surface area contributed by atoms with Gasteiger partial charge in [0, 0.05) is 12.0 Å². The summed E-state index contributed by atoms with van der Waals surface area (Å²) < 4.78 is 17.9. The zero-order chi connectivity index (χ0) is 10.8. The Balaban J connectivity index is 2.40. The minimum Gasteiger partial charge on any atom is -0.396 e. The normalized spacial score (nSPS) is 10.5. The van der Waals surface area contributed by atoms with E-state index >= 15 is 0 Å². The second kappa shape index (κ2) is 3.68. The van der Waals surface area contributed by atoms with Crippen LogP contribution in [-0.2, 0) is 6.42 Å². The van der Waals surface area contributed by atoms with E-state index in [2.05, 4.69) is 10.1 Å². The fraction of sp³-hybridized carbons (Fsp3) is 0.200. The van der Waals surface area contributed by atoms with Gasteiger partial charge in [0.1, 0.15) is 5.82 Å². The highest BCUT2D eigenvalue weighted by molar-refractivity contribution is 5.59. The van der Waals surface area contributed by atoms with E-state index < -0.39 is 5.82 Å². The Morgan fingerprint density at radius 1 is 1.47 bits per heavy atom. The van der Waals surface area contributed by atoms with Crippen LogP contribution in [0.1, 0.15) is 12.7 Å². The topological polar surface area (TPSA) is 64.9 Å². The molecule has 0 aliphatic carbocycles. The molecule has 2 rings (SSSR count). The lowest BCUT2D eigenvalue weighted by Crippen LogP contribution is -1.91. The van der Waals surface area contributed by atoms with Gasteiger partial charge in [0.25, 0.3) is 5.89 Å². The number of hydrogen-bond donors (Lipinski definition) is 1. The molecular weight excluding hydrogens is 197 g/mol. The molecule has 0 aliphatic heterocycles. The van der Waals surface area contributed by atoms with Crippen LogP contribution in [0.5, 0.6) is 0 Å². The first-order valence-electron chi connectivity index (χ1n) is 4.58. The van der Waals surface area contributed by atoms with E-state index in [0.29, 0.717) is 23.7 Å². The Morgan fingerprint density at radius 3 is 2.87 bits per heavy atom. The molecule has 15 heavy (non-hydrogen) atoms. The van der Waals surface area contributed by atoms with Crippen LogP contribution in [0.15, 0.2) is 22.7 Å². The Morgan fingerprint density at radius 2 is 2.27 bits per heavy atom. The molecule has 2 aromatic rings. The van der Waals surface area contributed by atoms with Crippen LogP contribution in [0.3, 0.4) is 0 Å². The molecule has 0 fully saturated rings. The number of benzene rings is 1. The maximum atomic E-state index is 12.9. The van der Waals surface area contributed by atoms with E-state index in [4.69, 9.17) is 10.3 Å². The molecular formula is C10H10FN3O. The smallest absolute Gasteiger partial charge is 0.257 e. The maximum absolute atomic E-state index is 12.9. The summed E-state index contributed by atoms with van der Waals surface area (Å²) in [7, 11) is 0. The molecule has 0 radical (unpaired) electrons. The monoisotopic (exact) mass is 207 g/mol. The molecule has 0 aliphatic rings. The maximum Gasteiger partial charge on any atom is 0.257 e. The second-order valence-corrected chi connectivity index (χ2v) is 3.11. The first-order chi connectivity index (χ1) is 7.20. The van der Waals surface area contributed by atoms with Gasteiger partial charge in [0.05, 0.1) is 5.69 Å². The summed E-state index contributed by atoms with van der Waals surface area (Å²) in [5.74, 6) is 0.528. The number of anilines is 1. The summed E-state index contributed by atoms with van der Waals surface area (Å²) in [6.45, 7) is 1.92. The van der Waals surface area contributed by atoms with Gasteiger partial charge in [0.2, 0.25) is 0 Å². The average Bonchev–Trinajstić information content (AvgIpc) is 2.70. The molecule has 4 nitrogen and oxygen atoms in total. The van der Waals surface area contributed by atoms with E-state index in [0.717, 1.165) is 0 Å².